The maximum Gasteiger partial charge on any atom is 0.248 e. The molecule has 1 fully saturated rings. The number of H-pyrrole nitrogens is 1. The van der Waals surface area contributed by atoms with Crippen LogP contribution < -0.4 is 11.1 Å². The Kier molecular flexibility index (Phi) is 5.65. The molecule has 1 atom stereocenters. The quantitative estimate of drug-likeness (QED) is 0.388. The summed E-state index contributed by atoms with van der Waals surface area (Å²) < 4.78 is 9.31. The summed E-state index contributed by atoms with van der Waals surface area (Å²) in [6.07, 6.45) is 2.66. The van der Waals surface area contributed by atoms with Crippen LogP contribution >= 0.6 is 0 Å². The monoisotopic (exact) mass is 449 g/mol. The molecule has 0 spiro atoms. The zero-order valence-corrected chi connectivity index (χ0v) is 18.7. The van der Waals surface area contributed by atoms with Gasteiger partial charge in [-0.3, -0.25) is 14.2 Å². The van der Waals surface area contributed by atoms with Gasteiger partial charge in [-0.2, -0.15) is 10.2 Å². The number of morpholine rings is 1. The number of aromatic nitrogens is 7. The minimum Gasteiger partial charge on any atom is -0.379 e. The maximum absolute atomic E-state index is 12.1. The summed E-state index contributed by atoms with van der Waals surface area (Å²) in [5.74, 6) is 0.648. The first kappa shape index (κ1) is 21.3. The van der Waals surface area contributed by atoms with Gasteiger partial charge < -0.3 is 20.8 Å². The molecule has 0 saturated carbocycles. The summed E-state index contributed by atoms with van der Waals surface area (Å²) in [5, 5.41) is 22.1. The summed E-state index contributed by atoms with van der Waals surface area (Å²) in [5.41, 5.74) is 9.35. The first-order chi connectivity index (χ1) is 16.0. The summed E-state index contributed by atoms with van der Waals surface area (Å²) in [6.45, 7) is 7.64. The van der Waals surface area contributed by atoms with E-state index < -0.39 is 5.91 Å². The number of fused-ring (bicyclic) bond motifs is 1. The molecule has 0 aliphatic carbocycles. The van der Waals surface area contributed by atoms with Crippen LogP contribution in [0.1, 0.15) is 29.4 Å². The highest BCUT2D eigenvalue weighted by Crippen LogP contribution is 2.30. The molecular formula is C22H27N9O2. The number of rotatable bonds is 7. The van der Waals surface area contributed by atoms with Gasteiger partial charge in [-0.05, 0) is 38.5 Å². The summed E-state index contributed by atoms with van der Waals surface area (Å²) >= 11 is 0. The lowest BCUT2D eigenvalue weighted by Gasteiger charge is -2.23. The Morgan fingerprint density at radius 2 is 2.09 bits per heavy atom. The third kappa shape index (κ3) is 4.12. The molecule has 1 saturated heterocycles. The number of amides is 1. The van der Waals surface area contributed by atoms with Crippen LogP contribution in [0.4, 0.5) is 0 Å². The zero-order chi connectivity index (χ0) is 22.9. The molecule has 1 aliphatic rings. The van der Waals surface area contributed by atoms with E-state index in [1.54, 1.807) is 18.3 Å². The number of aromatic amines is 1. The summed E-state index contributed by atoms with van der Waals surface area (Å²) in [4.78, 5) is 15.4. The highest BCUT2D eigenvalue weighted by Gasteiger charge is 2.19. The zero-order valence-electron chi connectivity index (χ0n) is 18.7. The van der Waals surface area contributed by atoms with Crippen LogP contribution in [0.3, 0.4) is 0 Å². The van der Waals surface area contributed by atoms with E-state index in [4.69, 9.17) is 10.5 Å². The Morgan fingerprint density at radius 3 is 2.85 bits per heavy atom. The van der Waals surface area contributed by atoms with Gasteiger partial charge >= 0.3 is 0 Å². The molecule has 1 aromatic carbocycles. The average Bonchev–Trinajstić information content (AvgIpc) is 3.55. The lowest BCUT2D eigenvalue weighted by molar-refractivity contribution is 0.0726. The minimum atomic E-state index is -0.507. The van der Waals surface area contributed by atoms with Crippen molar-refractivity contribution in [2.24, 2.45) is 5.73 Å². The van der Waals surface area contributed by atoms with Gasteiger partial charge in [0.05, 0.1) is 30.6 Å². The van der Waals surface area contributed by atoms with Crippen LogP contribution in [0.2, 0.25) is 0 Å². The maximum atomic E-state index is 12.1. The van der Waals surface area contributed by atoms with Crippen molar-refractivity contribution in [3.63, 3.8) is 0 Å². The van der Waals surface area contributed by atoms with Gasteiger partial charge in [0.2, 0.25) is 5.91 Å². The lowest BCUT2D eigenvalue weighted by atomic mass is 10.0. The number of hydrogen-bond donors (Lipinski definition) is 3. The van der Waals surface area contributed by atoms with Gasteiger partial charge in [0.15, 0.2) is 11.6 Å². The van der Waals surface area contributed by atoms with E-state index in [0.717, 1.165) is 47.4 Å². The van der Waals surface area contributed by atoms with E-state index in [2.05, 4.69) is 30.7 Å². The van der Waals surface area contributed by atoms with Crippen molar-refractivity contribution in [3.8, 4) is 22.9 Å². The number of nitrogens with one attached hydrogen (secondary N) is 2. The second-order valence-corrected chi connectivity index (χ2v) is 8.21. The second-order valence-electron chi connectivity index (χ2n) is 8.21. The topological polar surface area (TPSA) is 142 Å². The highest BCUT2D eigenvalue weighted by atomic mass is 16.5. The van der Waals surface area contributed by atoms with Gasteiger partial charge in [0.25, 0.3) is 0 Å². The number of primary amides is 1. The SMILES string of the molecule is CCn1nc(C)cc1-c1nnc(-c2cc(C(N)=O)cc3c2cnn3CC[C@@H]2COCCN2)[nH]1. The molecule has 0 bridgehead atoms. The minimum absolute atomic E-state index is 0.278. The largest absolute Gasteiger partial charge is 0.379 e. The molecule has 0 unspecified atom stereocenters. The molecular weight excluding hydrogens is 422 g/mol. The predicted molar refractivity (Wildman–Crippen MR) is 122 cm³/mol. The molecule has 11 heteroatoms. The van der Waals surface area contributed by atoms with Crippen LogP contribution in [0.5, 0.6) is 0 Å². The number of benzene rings is 1. The van der Waals surface area contributed by atoms with Gasteiger partial charge in [-0.1, -0.05) is 0 Å². The van der Waals surface area contributed by atoms with Crippen LogP contribution in [0.15, 0.2) is 24.4 Å². The number of ether oxygens (including phenoxy) is 1. The van der Waals surface area contributed by atoms with Crippen molar-refractivity contribution in [2.75, 3.05) is 19.8 Å². The Labute approximate surface area is 190 Å². The molecule has 3 aromatic heterocycles. The predicted octanol–water partition coefficient (Wildman–Crippen LogP) is 1.49. The second kappa shape index (κ2) is 8.75. The average molecular weight is 450 g/mol. The normalized spacial score (nSPS) is 16.5. The number of nitrogens with zero attached hydrogens (tertiary/aromatic N) is 6. The molecule has 0 radical (unpaired) electrons. The molecule has 172 valence electrons. The molecule has 11 nitrogen and oxygen atoms in total. The first-order valence-electron chi connectivity index (χ1n) is 11.1. The van der Waals surface area contributed by atoms with Crippen molar-refractivity contribution in [1.82, 2.24) is 40.1 Å². The van der Waals surface area contributed by atoms with E-state index in [9.17, 15) is 4.79 Å². The fourth-order valence-corrected chi connectivity index (χ4v) is 4.25. The number of nitrogens with two attached hydrogens (primary N) is 1. The molecule has 1 aliphatic heterocycles. The Morgan fingerprint density at radius 1 is 1.24 bits per heavy atom. The van der Waals surface area contributed by atoms with Crippen LogP contribution in [-0.2, 0) is 17.8 Å². The number of hydrogen-bond acceptors (Lipinski definition) is 7. The number of carbonyl (C=O) groups is 1. The summed E-state index contributed by atoms with van der Waals surface area (Å²) in [7, 11) is 0. The first-order valence-corrected chi connectivity index (χ1v) is 11.1. The third-order valence-electron chi connectivity index (χ3n) is 5.92. The van der Waals surface area contributed by atoms with E-state index >= 15 is 0 Å². The molecule has 1 amide bonds. The van der Waals surface area contributed by atoms with Gasteiger partial charge in [0, 0.05) is 42.2 Å². The number of carbonyl (C=O) groups excluding carboxylic acids is 1. The molecule has 4 aromatic rings. The number of aryl methyl sites for hydroxylation is 3. The molecule has 4 heterocycles. The molecule has 4 N–H and O–H groups in total. The Bertz CT molecular complexity index is 1300. The van der Waals surface area contributed by atoms with Crippen LogP contribution in [0, 0.1) is 6.92 Å². The van der Waals surface area contributed by atoms with Crippen molar-refractivity contribution in [3.05, 3.63) is 35.7 Å². The lowest BCUT2D eigenvalue weighted by Crippen LogP contribution is -2.41. The summed E-state index contributed by atoms with van der Waals surface area (Å²) in [6, 6.07) is 5.76. The van der Waals surface area contributed by atoms with Crippen molar-refractivity contribution in [2.45, 2.75) is 39.4 Å². The molecule has 5 rings (SSSR count). The van der Waals surface area contributed by atoms with E-state index in [1.807, 2.05) is 29.3 Å². The van der Waals surface area contributed by atoms with Gasteiger partial charge in [-0.15, -0.1) is 10.2 Å². The fourth-order valence-electron chi connectivity index (χ4n) is 4.25. The van der Waals surface area contributed by atoms with Crippen molar-refractivity contribution < 1.29 is 9.53 Å². The standard InChI is InChI=1S/C22H27N9O2/c1-3-30-19(8-13(2)29-30)22-26-21(27-28-22)16-9-14(20(23)32)10-18-17(16)11-25-31(18)6-4-15-12-33-7-5-24-15/h8-11,15,24H,3-7,12H2,1-2H3,(H2,23,32)(H,26,27,28)/t15-/m1/s1. The van der Waals surface area contributed by atoms with Crippen molar-refractivity contribution in [1.29, 1.82) is 0 Å². The van der Waals surface area contributed by atoms with Gasteiger partial charge in [-0.25, -0.2) is 0 Å². The Balaban J connectivity index is 1.52. The smallest absolute Gasteiger partial charge is 0.248 e. The van der Waals surface area contributed by atoms with E-state index in [1.165, 1.54) is 0 Å². The fraction of sp³-hybridized carbons (Fsp3) is 0.409. The van der Waals surface area contributed by atoms with Crippen LogP contribution in [-0.4, -0.2) is 66.4 Å². The highest BCUT2D eigenvalue weighted by molar-refractivity contribution is 6.02. The van der Waals surface area contributed by atoms with E-state index in [-0.39, 0.29) is 6.04 Å². The molecule has 33 heavy (non-hydrogen) atoms. The van der Waals surface area contributed by atoms with Gasteiger partial charge in [0.1, 0.15) is 5.69 Å². The Hall–Kier alpha value is -3.57. The van der Waals surface area contributed by atoms with Crippen molar-refractivity contribution >= 4 is 16.8 Å². The van der Waals surface area contributed by atoms with Crippen LogP contribution in [0.25, 0.3) is 33.8 Å². The third-order valence-corrected chi connectivity index (χ3v) is 5.92. The van der Waals surface area contributed by atoms with E-state index in [0.29, 0.717) is 36.9 Å².